The zero-order chi connectivity index (χ0) is 17.1. The number of H-pyrrole nitrogens is 1. The smallest absolute Gasteiger partial charge is 0.387 e. The van der Waals surface area contributed by atoms with Gasteiger partial charge in [0.25, 0.3) is 0 Å². The molecule has 0 aliphatic carbocycles. The Labute approximate surface area is 142 Å². The van der Waals surface area contributed by atoms with Crippen molar-refractivity contribution in [3.8, 4) is 5.75 Å². The second-order valence-electron chi connectivity index (χ2n) is 5.41. The molecule has 24 heavy (non-hydrogen) atoms. The van der Waals surface area contributed by atoms with E-state index in [2.05, 4.69) is 31.7 Å². The van der Waals surface area contributed by atoms with Crippen LogP contribution in [0.5, 0.6) is 5.75 Å². The molecule has 0 saturated heterocycles. The van der Waals surface area contributed by atoms with Crippen molar-refractivity contribution in [2.24, 2.45) is 0 Å². The number of anilines is 1. The van der Waals surface area contributed by atoms with Crippen LogP contribution >= 0.6 is 11.8 Å². The van der Waals surface area contributed by atoms with Crippen LogP contribution in [-0.4, -0.2) is 30.7 Å². The Hall–Kier alpha value is -2.28. The van der Waals surface area contributed by atoms with Crippen LogP contribution in [0.4, 0.5) is 14.5 Å². The lowest BCUT2D eigenvalue weighted by Crippen LogP contribution is -2.10. The fourth-order valence-corrected chi connectivity index (χ4v) is 3.30. The number of imidazole rings is 1. The number of ether oxygens (including phenoxy) is 1. The highest BCUT2D eigenvalue weighted by Crippen LogP contribution is 2.29. The molecule has 1 heterocycles. The summed E-state index contributed by atoms with van der Waals surface area (Å²) in [5.74, 6) is 0.868. The van der Waals surface area contributed by atoms with Crippen molar-refractivity contribution < 1.29 is 13.5 Å². The van der Waals surface area contributed by atoms with E-state index in [1.54, 1.807) is 17.8 Å². The molecular formula is C17H17F2N3OS. The summed E-state index contributed by atoms with van der Waals surface area (Å²) in [7, 11) is 4.02. The first-order valence-electron chi connectivity index (χ1n) is 7.35. The number of halogens is 2. The molecule has 0 spiro atoms. The maximum atomic E-state index is 12.3. The third kappa shape index (κ3) is 3.79. The third-order valence-electron chi connectivity index (χ3n) is 3.50. The van der Waals surface area contributed by atoms with Crippen LogP contribution in [0.1, 0.15) is 5.56 Å². The van der Waals surface area contributed by atoms with Gasteiger partial charge in [0.2, 0.25) is 0 Å². The van der Waals surface area contributed by atoms with Crippen molar-refractivity contribution >= 4 is 28.5 Å². The molecule has 1 aromatic heterocycles. The topological polar surface area (TPSA) is 41.2 Å². The summed E-state index contributed by atoms with van der Waals surface area (Å²) in [4.78, 5) is 9.70. The van der Waals surface area contributed by atoms with Crippen LogP contribution in [0, 0.1) is 0 Å². The second-order valence-corrected chi connectivity index (χ2v) is 6.38. The van der Waals surface area contributed by atoms with E-state index in [1.807, 2.05) is 26.2 Å². The van der Waals surface area contributed by atoms with Crippen LogP contribution in [0.15, 0.2) is 47.6 Å². The molecule has 4 nitrogen and oxygen atoms in total. The van der Waals surface area contributed by atoms with Crippen molar-refractivity contribution in [2.45, 2.75) is 17.5 Å². The first-order valence-corrected chi connectivity index (χ1v) is 8.34. The van der Waals surface area contributed by atoms with Crippen molar-refractivity contribution in [3.05, 3.63) is 48.0 Å². The molecule has 3 aromatic rings. The number of alkyl halides is 2. The molecule has 0 atom stereocenters. The maximum Gasteiger partial charge on any atom is 0.387 e. The number of thioether (sulfide) groups is 1. The van der Waals surface area contributed by atoms with Gasteiger partial charge in [-0.05, 0) is 23.8 Å². The average molecular weight is 349 g/mol. The van der Waals surface area contributed by atoms with Gasteiger partial charge in [-0.3, -0.25) is 0 Å². The Kier molecular flexibility index (Phi) is 4.89. The molecule has 7 heteroatoms. The highest BCUT2D eigenvalue weighted by Gasteiger charge is 2.10. The highest BCUT2D eigenvalue weighted by molar-refractivity contribution is 7.98. The average Bonchev–Trinajstić information content (AvgIpc) is 2.94. The van der Waals surface area contributed by atoms with Crippen LogP contribution in [0.25, 0.3) is 11.0 Å². The highest BCUT2D eigenvalue weighted by atomic mass is 32.2. The Morgan fingerprint density at radius 1 is 1.21 bits per heavy atom. The molecule has 0 bridgehead atoms. The Morgan fingerprint density at radius 3 is 2.75 bits per heavy atom. The van der Waals surface area contributed by atoms with Crippen LogP contribution in [0.3, 0.4) is 0 Å². The van der Waals surface area contributed by atoms with Crippen molar-refractivity contribution in [2.75, 3.05) is 19.0 Å². The van der Waals surface area contributed by atoms with E-state index in [0.717, 1.165) is 22.1 Å². The summed E-state index contributed by atoms with van der Waals surface area (Å²) in [6.07, 6.45) is 0. The molecule has 0 radical (unpaired) electrons. The molecule has 3 rings (SSSR count). The van der Waals surface area contributed by atoms with Gasteiger partial charge in [-0.25, -0.2) is 4.98 Å². The number of fused-ring (bicyclic) bond motifs is 1. The molecule has 0 fully saturated rings. The van der Waals surface area contributed by atoms with E-state index in [9.17, 15) is 8.78 Å². The van der Waals surface area contributed by atoms with Gasteiger partial charge in [0.1, 0.15) is 5.75 Å². The number of hydrogen-bond donors (Lipinski definition) is 1. The quantitative estimate of drug-likeness (QED) is 0.664. The van der Waals surface area contributed by atoms with Crippen molar-refractivity contribution in [1.29, 1.82) is 0 Å². The number of para-hydroxylation sites is 1. The van der Waals surface area contributed by atoms with Crippen molar-refractivity contribution in [3.63, 3.8) is 0 Å². The van der Waals surface area contributed by atoms with Gasteiger partial charge in [0, 0.05) is 31.6 Å². The van der Waals surface area contributed by atoms with Gasteiger partial charge in [-0.15, -0.1) is 0 Å². The van der Waals surface area contributed by atoms with Crippen molar-refractivity contribution in [1.82, 2.24) is 9.97 Å². The Bertz CT molecular complexity index is 836. The van der Waals surface area contributed by atoms with E-state index in [4.69, 9.17) is 0 Å². The first-order chi connectivity index (χ1) is 11.5. The van der Waals surface area contributed by atoms with Gasteiger partial charge in [0.15, 0.2) is 5.16 Å². The fraction of sp³-hybridized carbons (Fsp3) is 0.235. The SMILES string of the molecule is CN(C)c1ccccc1CSc1nc2cc(OC(F)F)ccc2[nH]1. The zero-order valence-electron chi connectivity index (χ0n) is 13.3. The van der Waals surface area contributed by atoms with Gasteiger partial charge in [0.05, 0.1) is 11.0 Å². The number of aromatic amines is 1. The third-order valence-corrected chi connectivity index (χ3v) is 4.42. The Morgan fingerprint density at radius 2 is 2.00 bits per heavy atom. The molecule has 126 valence electrons. The summed E-state index contributed by atoms with van der Waals surface area (Å²) in [6.45, 7) is -2.84. The van der Waals surface area contributed by atoms with E-state index < -0.39 is 6.61 Å². The molecule has 2 aromatic carbocycles. The predicted octanol–water partition coefficient (Wildman–Crippen LogP) is 4.52. The number of nitrogens with one attached hydrogen (secondary N) is 1. The van der Waals surface area contributed by atoms with E-state index in [-0.39, 0.29) is 5.75 Å². The van der Waals surface area contributed by atoms with E-state index in [0.29, 0.717) is 5.52 Å². The molecule has 0 amide bonds. The second kappa shape index (κ2) is 7.09. The normalized spacial score (nSPS) is 11.2. The maximum absolute atomic E-state index is 12.3. The van der Waals surface area contributed by atoms with Crippen LogP contribution in [-0.2, 0) is 5.75 Å². The first kappa shape index (κ1) is 16.6. The lowest BCUT2D eigenvalue weighted by Gasteiger charge is -2.16. The molecule has 0 unspecified atom stereocenters. The molecule has 0 aliphatic heterocycles. The molecular weight excluding hydrogens is 332 g/mol. The molecule has 0 saturated carbocycles. The Balaban J connectivity index is 1.76. The van der Waals surface area contributed by atoms with E-state index in [1.165, 1.54) is 17.7 Å². The minimum atomic E-state index is -2.84. The zero-order valence-corrected chi connectivity index (χ0v) is 14.1. The van der Waals surface area contributed by atoms with Crippen LogP contribution < -0.4 is 9.64 Å². The summed E-state index contributed by atoms with van der Waals surface area (Å²) in [5.41, 5.74) is 3.76. The number of rotatable bonds is 6. The molecule has 1 N–H and O–H groups in total. The van der Waals surface area contributed by atoms with Gasteiger partial charge >= 0.3 is 6.61 Å². The monoisotopic (exact) mass is 349 g/mol. The number of hydrogen-bond acceptors (Lipinski definition) is 4. The minimum absolute atomic E-state index is 0.110. The summed E-state index contributed by atoms with van der Waals surface area (Å²) in [6, 6.07) is 12.9. The fourth-order valence-electron chi connectivity index (χ4n) is 2.42. The summed E-state index contributed by atoms with van der Waals surface area (Å²) in [5, 5.41) is 0.743. The predicted molar refractivity (Wildman–Crippen MR) is 93.1 cm³/mol. The van der Waals surface area contributed by atoms with Gasteiger partial charge < -0.3 is 14.6 Å². The lowest BCUT2D eigenvalue weighted by atomic mass is 10.2. The largest absolute Gasteiger partial charge is 0.435 e. The molecule has 0 aliphatic rings. The summed E-state index contributed by atoms with van der Waals surface area (Å²) < 4.78 is 29.0. The standard InChI is InChI=1S/C17H17F2N3OS/c1-22(2)15-6-4-3-5-11(15)10-24-17-20-13-8-7-12(23-16(18)19)9-14(13)21-17/h3-9,16H,10H2,1-2H3,(H,20,21). The van der Waals surface area contributed by atoms with Crippen LogP contribution in [0.2, 0.25) is 0 Å². The number of nitrogens with zero attached hydrogens (tertiary/aromatic N) is 2. The lowest BCUT2D eigenvalue weighted by molar-refractivity contribution is -0.0497. The number of benzene rings is 2. The van der Waals surface area contributed by atoms with E-state index >= 15 is 0 Å². The minimum Gasteiger partial charge on any atom is -0.435 e. The van der Waals surface area contributed by atoms with Gasteiger partial charge in [-0.1, -0.05) is 30.0 Å². The number of aromatic nitrogens is 2. The summed E-state index contributed by atoms with van der Waals surface area (Å²) >= 11 is 1.57. The van der Waals surface area contributed by atoms with Gasteiger partial charge in [-0.2, -0.15) is 8.78 Å².